The largest absolute Gasteiger partial charge is 0.229 e. The molecule has 0 bridgehead atoms. The smallest absolute Gasteiger partial charge is 0.157 e. The van der Waals surface area contributed by atoms with Crippen LogP contribution >= 0.6 is 0 Å². The summed E-state index contributed by atoms with van der Waals surface area (Å²) in [5.41, 5.74) is 2.45. The number of rotatable bonds is 2. The number of hydrogen-bond acceptors (Lipinski definition) is 2. The molecule has 0 fully saturated rings. The van der Waals surface area contributed by atoms with E-state index >= 15 is 0 Å². The summed E-state index contributed by atoms with van der Waals surface area (Å²) in [6, 6.07) is 0. The van der Waals surface area contributed by atoms with Crippen LogP contribution in [-0.2, 0) is 9.78 Å². The van der Waals surface area contributed by atoms with Crippen molar-refractivity contribution in [2.75, 3.05) is 0 Å². The maximum atomic E-state index is 5.34. The van der Waals surface area contributed by atoms with E-state index in [1.807, 2.05) is 34.6 Å². The van der Waals surface area contributed by atoms with Crippen molar-refractivity contribution in [3.8, 4) is 11.5 Å². The van der Waals surface area contributed by atoms with Gasteiger partial charge in [-0.1, -0.05) is 25.6 Å². The Morgan fingerprint density at radius 2 is 1.33 bits per heavy atom. The Labute approximate surface area is 95.3 Å². The summed E-state index contributed by atoms with van der Waals surface area (Å²) in [5, 5.41) is 0. The summed E-state index contributed by atoms with van der Waals surface area (Å²) in [6.45, 7) is 16.3. The minimum Gasteiger partial charge on any atom is -0.229 e. The third-order valence-electron chi connectivity index (χ3n) is 1.24. The molecule has 0 aliphatic heterocycles. The summed E-state index contributed by atoms with van der Waals surface area (Å²) in [7, 11) is -1.34. The van der Waals surface area contributed by atoms with Gasteiger partial charge >= 0.3 is 0 Å². The van der Waals surface area contributed by atoms with Crippen molar-refractivity contribution < 1.29 is 9.78 Å². The first-order valence-electron chi connectivity index (χ1n) is 5.32. The van der Waals surface area contributed by atoms with Gasteiger partial charge in [-0.15, -0.1) is 5.54 Å². The Balaban J connectivity index is 4.36. The first kappa shape index (κ1) is 14.7. The average molecular weight is 228 g/mol. The molecule has 2 nitrogen and oxygen atoms in total. The third kappa shape index (κ3) is 9.99. The fourth-order valence-corrected chi connectivity index (χ4v) is 1.26. The maximum absolute atomic E-state index is 5.34. The zero-order chi connectivity index (χ0) is 12.3. The fourth-order valence-electron chi connectivity index (χ4n) is 0.588. The second kappa shape index (κ2) is 4.69. The van der Waals surface area contributed by atoms with Crippen molar-refractivity contribution in [2.24, 2.45) is 0 Å². The van der Waals surface area contributed by atoms with Gasteiger partial charge < -0.3 is 0 Å². The molecule has 0 aromatic rings. The molecule has 0 saturated heterocycles. The SMILES string of the molecule is CC(C)(C)OOC(C)(C)C#C[Si](C)(C)C. The van der Waals surface area contributed by atoms with Gasteiger partial charge in [0, 0.05) is 0 Å². The van der Waals surface area contributed by atoms with Crippen LogP contribution in [0.5, 0.6) is 0 Å². The van der Waals surface area contributed by atoms with Crippen molar-refractivity contribution in [1.82, 2.24) is 0 Å². The van der Waals surface area contributed by atoms with Crippen LogP contribution in [-0.4, -0.2) is 19.3 Å². The molecule has 0 aromatic heterocycles. The van der Waals surface area contributed by atoms with Gasteiger partial charge in [-0.25, -0.2) is 9.78 Å². The zero-order valence-corrected chi connectivity index (χ0v) is 12.3. The second-order valence-corrected chi connectivity index (χ2v) is 11.0. The van der Waals surface area contributed by atoms with Crippen molar-refractivity contribution >= 4 is 8.07 Å². The van der Waals surface area contributed by atoms with Crippen LogP contribution in [0.3, 0.4) is 0 Å². The van der Waals surface area contributed by atoms with Crippen LogP contribution in [0, 0.1) is 11.5 Å². The van der Waals surface area contributed by atoms with E-state index in [4.69, 9.17) is 9.78 Å². The molecule has 0 N–H and O–H groups in total. The van der Waals surface area contributed by atoms with E-state index in [1.165, 1.54) is 0 Å². The van der Waals surface area contributed by atoms with E-state index in [9.17, 15) is 0 Å². The highest BCUT2D eigenvalue weighted by molar-refractivity contribution is 6.83. The average Bonchev–Trinajstić information content (AvgIpc) is 1.96. The standard InChI is InChI=1S/C12H24O2Si/c1-11(2,3)13-14-12(4,5)9-10-15(6,7)8/h1-8H3. The van der Waals surface area contributed by atoms with Crippen molar-refractivity contribution in [1.29, 1.82) is 0 Å². The van der Waals surface area contributed by atoms with E-state index < -0.39 is 13.7 Å². The van der Waals surface area contributed by atoms with Crippen LogP contribution in [0.15, 0.2) is 0 Å². The quantitative estimate of drug-likeness (QED) is 0.312. The molecule has 0 aliphatic rings. The summed E-state index contributed by atoms with van der Waals surface area (Å²) in [6.07, 6.45) is 0. The molecule has 0 amide bonds. The molecule has 0 unspecified atom stereocenters. The Bertz CT molecular complexity index is 258. The van der Waals surface area contributed by atoms with Crippen LogP contribution in [0.1, 0.15) is 34.6 Å². The topological polar surface area (TPSA) is 18.5 Å². The first-order valence-corrected chi connectivity index (χ1v) is 8.82. The van der Waals surface area contributed by atoms with E-state index in [0.717, 1.165) is 0 Å². The highest BCUT2D eigenvalue weighted by atomic mass is 28.3. The molecule has 3 heteroatoms. The Morgan fingerprint density at radius 3 is 1.67 bits per heavy atom. The summed E-state index contributed by atoms with van der Waals surface area (Å²) in [4.78, 5) is 10.6. The summed E-state index contributed by atoms with van der Waals surface area (Å²) in [5.74, 6) is 3.14. The van der Waals surface area contributed by atoms with Crippen LogP contribution < -0.4 is 0 Å². The second-order valence-electron chi connectivity index (χ2n) is 6.29. The van der Waals surface area contributed by atoms with Crippen LogP contribution in [0.4, 0.5) is 0 Å². The molecule has 0 aliphatic carbocycles. The van der Waals surface area contributed by atoms with E-state index in [1.54, 1.807) is 0 Å². The predicted octanol–water partition coefficient (Wildman–Crippen LogP) is 3.39. The zero-order valence-electron chi connectivity index (χ0n) is 11.3. The highest BCUT2D eigenvalue weighted by Crippen LogP contribution is 2.15. The maximum Gasteiger partial charge on any atom is 0.157 e. The van der Waals surface area contributed by atoms with E-state index in [0.29, 0.717) is 0 Å². The third-order valence-corrected chi connectivity index (χ3v) is 2.11. The van der Waals surface area contributed by atoms with Gasteiger partial charge in [0.2, 0.25) is 0 Å². The van der Waals surface area contributed by atoms with Gasteiger partial charge in [-0.05, 0) is 34.6 Å². The Hall–Kier alpha value is -0.303. The lowest BCUT2D eigenvalue weighted by molar-refractivity contribution is -0.384. The van der Waals surface area contributed by atoms with Gasteiger partial charge in [0.05, 0.1) is 5.60 Å². The Morgan fingerprint density at radius 1 is 0.867 bits per heavy atom. The summed E-state index contributed by atoms with van der Waals surface area (Å²) < 4.78 is 0. The molecular formula is C12H24O2Si. The van der Waals surface area contributed by atoms with Gasteiger partial charge in [0.1, 0.15) is 8.07 Å². The minimum atomic E-state index is -1.34. The van der Waals surface area contributed by atoms with Gasteiger partial charge in [0.25, 0.3) is 0 Å². The normalized spacial score (nSPS) is 13.3. The molecule has 0 spiro atoms. The van der Waals surface area contributed by atoms with E-state index in [2.05, 4.69) is 31.1 Å². The highest BCUT2D eigenvalue weighted by Gasteiger charge is 2.22. The molecule has 0 atom stereocenters. The Kier molecular flexibility index (Phi) is 4.60. The molecule has 0 radical (unpaired) electrons. The lowest BCUT2D eigenvalue weighted by atomic mass is 10.2. The van der Waals surface area contributed by atoms with Crippen LogP contribution in [0.25, 0.3) is 0 Å². The molecule has 0 rings (SSSR count). The molecular weight excluding hydrogens is 204 g/mol. The lowest BCUT2D eigenvalue weighted by Crippen LogP contribution is -2.30. The molecule has 0 saturated carbocycles. The number of hydrogen-bond donors (Lipinski definition) is 0. The predicted molar refractivity (Wildman–Crippen MR) is 67.1 cm³/mol. The molecule has 15 heavy (non-hydrogen) atoms. The fraction of sp³-hybridized carbons (Fsp3) is 0.833. The first-order chi connectivity index (χ1) is 6.41. The van der Waals surface area contributed by atoms with Crippen molar-refractivity contribution in [3.63, 3.8) is 0 Å². The van der Waals surface area contributed by atoms with Crippen molar-refractivity contribution in [2.45, 2.75) is 65.5 Å². The molecule has 0 heterocycles. The molecule has 88 valence electrons. The lowest BCUT2D eigenvalue weighted by Gasteiger charge is -2.24. The summed E-state index contributed by atoms with van der Waals surface area (Å²) >= 11 is 0. The molecule has 0 aromatic carbocycles. The van der Waals surface area contributed by atoms with Crippen molar-refractivity contribution in [3.05, 3.63) is 0 Å². The van der Waals surface area contributed by atoms with Gasteiger partial charge in [-0.3, -0.25) is 0 Å². The van der Waals surface area contributed by atoms with Gasteiger partial charge in [0.15, 0.2) is 5.60 Å². The monoisotopic (exact) mass is 228 g/mol. The minimum absolute atomic E-state index is 0.294. The van der Waals surface area contributed by atoms with Gasteiger partial charge in [-0.2, -0.15) is 0 Å². The van der Waals surface area contributed by atoms with Crippen LogP contribution in [0.2, 0.25) is 19.6 Å². The van der Waals surface area contributed by atoms with E-state index in [-0.39, 0.29) is 5.60 Å².